The van der Waals surface area contributed by atoms with Gasteiger partial charge in [0.2, 0.25) is 0 Å². The Morgan fingerprint density at radius 1 is 0.276 bits per heavy atom. The number of esters is 3. The first-order valence-corrected chi connectivity index (χ1v) is 30.5. The van der Waals surface area contributed by atoms with Gasteiger partial charge in [0.15, 0.2) is 6.10 Å². The van der Waals surface area contributed by atoms with Gasteiger partial charge in [-0.05, 0) is 135 Å². The molecule has 426 valence electrons. The van der Waals surface area contributed by atoms with Crippen LogP contribution in [0.4, 0.5) is 0 Å². The molecule has 0 aliphatic heterocycles. The maximum atomic E-state index is 12.9. The van der Waals surface area contributed by atoms with Crippen molar-refractivity contribution >= 4 is 17.9 Å². The van der Waals surface area contributed by atoms with Crippen LogP contribution in [-0.4, -0.2) is 37.2 Å². The van der Waals surface area contributed by atoms with Crippen LogP contribution in [0.25, 0.3) is 0 Å². The summed E-state index contributed by atoms with van der Waals surface area (Å²) in [7, 11) is 0. The molecule has 1 unspecified atom stereocenters. The van der Waals surface area contributed by atoms with Crippen molar-refractivity contribution in [3.8, 4) is 0 Å². The second kappa shape index (κ2) is 62.6. The summed E-state index contributed by atoms with van der Waals surface area (Å²) in [6.07, 6.45) is 91.0. The molecule has 6 heteroatoms. The lowest BCUT2D eigenvalue weighted by Crippen LogP contribution is -2.30. The van der Waals surface area contributed by atoms with Crippen molar-refractivity contribution in [1.82, 2.24) is 0 Å². The first kappa shape index (κ1) is 71.0. The van der Waals surface area contributed by atoms with Crippen LogP contribution >= 0.6 is 0 Å². The summed E-state index contributed by atoms with van der Waals surface area (Å²) in [5, 5.41) is 0. The fraction of sp³-hybridized carbons (Fsp3) is 0.586. The molecule has 0 amide bonds. The standard InChI is InChI=1S/C70H110O6/c1-4-7-10-13-16-19-22-25-28-31-33-34-35-36-38-39-42-45-48-51-54-57-60-63-69(72)75-66-67(65-74-68(71)62-59-56-53-50-47-44-41-30-27-24-21-18-15-12-9-6-3)76-70(73)64-61-58-55-52-49-46-43-40-37-32-29-26-23-20-17-14-11-8-5-2/h7-8,10-11,16-17,19-21,24-26,28-30,33-34,36-38,40-41,46,49,55,58,67H,4-6,9,12-15,18,22-23,27,31-32,35,39,42-45,47-48,50-54,56-57,59-66H2,1-3H3/b10-7-,11-8-,19-16-,20-17-,24-21-,28-25-,29-26-,34-33-,38-36-,40-37-,41-30-,49-46-,58-55-. The fourth-order valence-electron chi connectivity index (χ4n) is 7.76. The zero-order chi connectivity index (χ0) is 55.0. The Bertz CT molecular complexity index is 1720. The Balaban J connectivity index is 4.55. The molecule has 0 aromatic rings. The Hall–Kier alpha value is -4.97. The maximum Gasteiger partial charge on any atom is 0.306 e. The maximum absolute atomic E-state index is 12.9. The number of allylic oxidation sites excluding steroid dienone is 26. The van der Waals surface area contributed by atoms with Crippen molar-refractivity contribution in [2.24, 2.45) is 0 Å². The van der Waals surface area contributed by atoms with Gasteiger partial charge >= 0.3 is 17.9 Å². The smallest absolute Gasteiger partial charge is 0.306 e. The van der Waals surface area contributed by atoms with Crippen LogP contribution in [0, 0.1) is 0 Å². The molecule has 0 fully saturated rings. The number of unbranched alkanes of at least 4 members (excludes halogenated alkanes) is 16. The molecule has 6 nitrogen and oxygen atoms in total. The average Bonchev–Trinajstić information content (AvgIpc) is 3.42. The first-order chi connectivity index (χ1) is 37.5. The van der Waals surface area contributed by atoms with Crippen LogP contribution in [-0.2, 0) is 28.6 Å². The van der Waals surface area contributed by atoms with E-state index in [1.54, 1.807) is 0 Å². The highest BCUT2D eigenvalue weighted by atomic mass is 16.6. The summed E-state index contributed by atoms with van der Waals surface area (Å²) in [6, 6.07) is 0. The van der Waals surface area contributed by atoms with E-state index in [1.165, 1.54) is 51.4 Å². The van der Waals surface area contributed by atoms with Crippen molar-refractivity contribution in [3.05, 3.63) is 158 Å². The SMILES string of the molecule is CC/C=C\C/C=C\C/C=C\C/C=C\C/C=C\C/C=C\CCC(=O)OC(COC(=O)CCCCCCC/C=C\C/C=C\CCCCCC)COC(=O)CCCCCCCCC/C=C\C/C=C\C/C=C\C/C=C\C/C=C\CC. The minimum Gasteiger partial charge on any atom is -0.462 e. The van der Waals surface area contributed by atoms with E-state index in [0.717, 1.165) is 148 Å². The number of ether oxygens (including phenoxy) is 3. The summed E-state index contributed by atoms with van der Waals surface area (Å²) < 4.78 is 16.8. The van der Waals surface area contributed by atoms with Gasteiger partial charge < -0.3 is 14.2 Å². The zero-order valence-electron chi connectivity index (χ0n) is 48.7. The highest BCUT2D eigenvalue weighted by molar-refractivity contribution is 5.71. The lowest BCUT2D eigenvalue weighted by atomic mass is 10.1. The molecule has 1 atom stereocenters. The molecular weight excluding hydrogens is 937 g/mol. The van der Waals surface area contributed by atoms with Crippen LogP contribution in [0.3, 0.4) is 0 Å². The van der Waals surface area contributed by atoms with Gasteiger partial charge in [-0.3, -0.25) is 14.4 Å². The molecule has 0 aliphatic rings. The van der Waals surface area contributed by atoms with Crippen LogP contribution in [0.15, 0.2) is 158 Å². The van der Waals surface area contributed by atoms with E-state index >= 15 is 0 Å². The molecule has 0 heterocycles. The third-order valence-corrected chi connectivity index (χ3v) is 12.3. The Morgan fingerprint density at radius 2 is 0.539 bits per heavy atom. The minimum atomic E-state index is -0.838. The summed E-state index contributed by atoms with van der Waals surface area (Å²) in [5.41, 5.74) is 0. The molecule has 0 rings (SSSR count). The van der Waals surface area contributed by atoms with Gasteiger partial charge in [0.1, 0.15) is 13.2 Å². The first-order valence-electron chi connectivity index (χ1n) is 30.5. The second-order valence-corrected chi connectivity index (χ2v) is 19.5. The van der Waals surface area contributed by atoms with Crippen molar-refractivity contribution in [2.75, 3.05) is 13.2 Å². The lowest BCUT2D eigenvalue weighted by molar-refractivity contribution is -0.166. The van der Waals surface area contributed by atoms with E-state index < -0.39 is 12.1 Å². The summed E-state index contributed by atoms with van der Waals surface area (Å²) in [6.45, 7) is 6.30. The monoisotopic (exact) mass is 1050 g/mol. The van der Waals surface area contributed by atoms with Crippen LogP contribution in [0.1, 0.15) is 245 Å². The predicted molar refractivity (Wildman–Crippen MR) is 329 cm³/mol. The quantitative estimate of drug-likeness (QED) is 0.0261. The number of rotatable bonds is 53. The topological polar surface area (TPSA) is 78.9 Å². The van der Waals surface area contributed by atoms with E-state index in [2.05, 4.69) is 167 Å². The molecule has 76 heavy (non-hydrogen) atoms. The van der Waals surface area contributed by atoms with E-state index in [9.17, 15) is 14.4 Å². The predicted octanol–water partition coefficient (Wildman–Crippen LogP) is 20.9. The van der Waals surface area contributed by atoms with E-state index in [-0.39, 0.29) is 31.6 Å². The summed E-state index contributed by atoms with van der Waals surface area (Å²) in [5.74, 6) is -1.04. The lowest BCUT2D eigenvalue weighted by Gasteiger charge is -2.18. The van der Waals surface area contributed by atoms with E-state index in [4.69, 9.17) is 14.2 Å². The van der Waals surface area contributed by atoms with Gasteiger partial charge in [0, 0.05) is 19.3 Å². The molecule has 0 N–H and O–H groups in total. The molecule has 0 radical (unpaired) electrons. The number of hydrogen-bond acceptors (Lipinski definition) is 6. The molecule has 0 aromatic heterocycles. The third kappa shape index (κ3) is 59.9. The Labute approximate surface area is 467 Å². The fourth-order valence-corrected chi connectivity index (χ4v) is 7.76. The average molecular weight is 1050 g/mol. The molecule has 0 bridgehead atoms. The second-order valence-electron chi connectivity index (χ2n) is 19.5. The van der Waals surface area contributed by atoms with Crippen molar-refractivity contribution in [3.63, 3.8) is 0 Å². The highest BCUT2D eigenvalue weighted by Gasteiger charge is 2.19. The van der Waals surface area contributed by atoms with E-state index in [0.29, 0.717) is 19.3 Å². The van der Waals surface area contributed by atoms with Crippen LogP contribution in [0.2, 0.25) is 0 Å². The van der Waals surface area contributed by atoms with Gasteiger partial charge in [-0.1, -0.05) is 249 Å². The van der Waals surface area contributed by atoms with Crippen LogP contribution in [0.5, 0.6) is 0 Å². The molecular formula is C70H110O6. The van der Waals surface area contributed by atoms with Gasteiger partial charge in [-0.25, -0.2) is 0 Å². The number of carbonyl (C=O) groups is 3. The highest BCUT2D eigenvalue weighted by Crippen LogP contribution is 2.13. The molecule has 0 saturated carbocycles. The summed E-state index contributed by atoms with van der Waals surface area (Å²) >= 11 is 0. The van der Waals surface area contributed by atoms with Gasteiger partial charge in [0.05, 0.1) is 0 Å². The molecule has 0 saturated heterocycles. The largest absolute Gasteiger partial charge is 0.462 e. The molecule has 0 aromatic carbocycles. The van der Waals surface area contributed by atoms with Crippen molar-refractivity contribution in [2.45, 2.75) is 252 Å². The molecule has 0 spiro atoms. The Morgan fingerprint density at radius 3 is 0.855 bits per heavy atom. The zero-order valence-corrected chi connectivity index (χ0v) is 48.7. The van der Waals surface area contributed by atoms with E-state index in [1.807, 2.05) is 12.2 Å². The van der Waals surface area contributed by atoms with Gasteiger partial charge in [-0.15, -0.1) is 0 Å². The summed E-state index contributed by atoms with van der Waals surface area (Å²) in [4.78, 5) is 38.2. The van der Waals surface area contributed by atoms with Crippen molar-refractivity contribution in [1.29, 1.82) is 0 Å². The minimum absolute atomic E-state index is 0.126. The molecule has 0 aliphatic carbocycles. The Kier molecular flexibility index (Phi) is 58.5. The number of carbonyl (C=O) groups excluding carboxylic acids is 3. The van der Waals surface area contributed by atoms with Crippen LogP contribution < -0.4 is 0 Å². The normalized spacial score (nSPS) is 13.2. The van der Waals surface area contributed by atoms with Gasteiger partial charge in [0.25, 0.3) is 0 Å². The van der Waals surface area contributed by atoms with Crippen molar-refractivity contribution < 1.29 is 28.6 Å². The van der Waals surface area contributed by atoms with Gasteiger partial charge in [-0.2, -0.15) is 0 Å². The third-order valence-electron chi connectivity index (χ3n) is 12.3. The number of hydrogen-bond donors (Lipinski definition) is 0.